The minimum Gasteiger partial charge on any atom is -0.543 e. The van der Waals surface area contributed by atoms with E-state index < -0.39 is 31.1 Å². The van der Waals surface area contributed by atoms with Gasteiger partial charge in [0.15, 0.2) is 28.2 Å². The highest BCUT2D eigenvalue weighted by atomic mass is 28.4. The molecule has 0 aromatic heterocycles. The fourth-order valence-corrected chi connectivity index (χ4v) is 4.11. The summed E-state index contributed by atoms with van der Waals surface area (Å²) >= 11 is 0. The third kappa shape index (κ3) is 6.78. The van der Waals surface area contributed by atoms with Crippen LogP contribution in [-0.4, -0.2) is 43.6 Å². The van der Waals surface area contributed by atoms with E-state index in [1.165, 1.54) is 0 Å². The third-order valence-corrected chi connectivity index (χ3v) is 5.26. The molecule has 0 spiro atoms. The highest BCUT2D eigenvalue weighted by molar-refractivity contribution is 6.71. The highest BCUT2D eigenvalue weighted by Gasteiger charge is 2.43. The zero-order chi connectivity index (χ0) is 17.3. The van der Waals surface area contributed by atoms with Gasteiger partial charge in [0.25, 0.3) is 0 Å². The SMILES string of the molecule is C[Si](C)(C)OCC1=C(O[Si](C)(C)C)[C@@H](O[Si](C)(C)C)C(=O)O1. The van der Waals surface area contributed by atoms with Crippen LogP contribution in [0.15, 0.2) is 11.5 Å². The van der Waals surface area contributed by atoms with Crippen LogP contribution < -0.4 is 0 Å². The Balaban J connectivity index is 3.04. The molecule has 1 atom stereocenters. The zero-order valence-corrected chi connectivity index (χ0v) is 18.3. The number of hydrogen-bond acceptors (Lipinski definition) is 5. The average Bonchev–Trinajstić information content (AvgIpc) is 2.49. The summed E-state index contributed by atoms with van der Waals surface area (Å²) in [7, 11) is -5.49. The molecule has 0 fully saturated rings. The van der Waals surface area contributed by atoms with E-state index in [1.807, 2.05) is 19.6 Å². The average molecular weight is 363 g/mol. The molecule has 1 heterocycles. The molecule has 0 radical (unpaired) electrons. The number of carbonyl (C=O) groups excluding carboxylic acids is 1. The van der Waals surface area contributed by atoms with E-state index in [0.29, 0.717) is 11.5 Å². The van der Waals surface area contributed by atoms with E-state index in [4.69, 9.17) is 18.0 Å². The van der Waals surface area contributed by atoms with Crippen molar-refractivity contribution in [1.29, 1.82) is 0 Å². The normalized spacial score (nSPS) is 20.4. The Morgan fingerprint density at radius 1 is 0.909 bits per heavy atom. The van der Waals surface area contributed by atoms with Crippen molar-refractivity contribution in [2.75, 3.05) is 6.61 Å². The molecule has 22 heavy (non-hydrogen) atoms. The number of cyclic esters (lactones) is 1. The van der Waals surface area contributed by atoms with Crippen LogP contribution in [0.5, 0.6) is 0 Å². The maximum Gasteiger partial charge on any atom is 0.347 e. The Hall–Kier alpha value is -0.419. The summed E-state index contributed by atoms with van der Waals surface area (Å²) in [5.41, 5.74) is 0. The summed E-state index contributed by atoms with van der Waals surface area (Å²) < 4.78 is 23.4. The Morgan fingerprint density at radius 2 is 1.45 bits per heavy atom. The Morgan fingerprint density at radius 3 is 1.86 bits per heavy atom. The second-order valence-electron chi connectivity index (χ2n) is 8.43. The molecule has 0 aliphatic carbocycles. The molecule has 0 bridgehead atoms. The first-order valence-electron chi connectivity index (χ1n) is 7.63. The van der Waals surface area contributed by atoms with Crippen LogP contribution in [0, 0.1) is 0 Å². The van der Waals surface area contributed by atoms with Crippen molar-refractivity contribution < 1.29 is 22.8 Å². The maximum absolute atomic E-state index is 12.2. The highest BCUT2D eigenvalue weighted by Crippen LogP contribution is 2.30. The lowest BCUT2D eigenvalue weighted by Gasteiger charge is -2.27. The molecule has 8 heteroatoms. The number of carbonyl (C=O) groups is 1. The van der Waals surface area contributed by atoms with Gasteiger partial charge in [-0.3, -0.25) is 0 Å². The Kier molecular flexibility index (Phi) is 5.89. The molecule has 1 rings (SSSR count). The molecular formula is C14H30O5Si3. The van der Waals surface area contributed by atoms with E-state index in [2.05, 4.69) is 39.3 Å². The minimum absolute atomic E-state index is 0.271. The van der Waals surface area contributed by atoms with Crippen molar-refractivity contribution in [3.63, 3.8) is 0 Å². The van der Waals surface area contributed by atoms with Crippen molar-refractivity contribution in [2.45, 2.75) is 65.0 Å². The fourth-order valence-electron chi connectivity index (χ4n) is 1.76. The van der Waals surface area contributed by atoms with Crippen LogP contribution in [0.1, 0.15) is 0 Å². The van der Waals surface area contributed by atoms with Gasteiger partial charge in [0, 0.05) is 0 Å². The monoisotopic (exact) mass is 362 g/mol. The van der Waals surface area contributed by atoms with Crippen molar-refractivity contribution >= 4 is 30.9 Å². The molecule has 0 N–H and O–H groups in total. The van der Waals surface area contributed by atoms with Crippen molar-refractivity contribution in [1.82, 2.24) is 0 Å². The summed E-state index contributed by atoms with van der Waals surface area (Å²) in [4.78, 5) is 12.2. The Labute approximate surface area is 137 Å². The maximum atomic E-state index is 12.2. The summed E-state index contributed by atoms with van der Waals surface area (Å²) in [6, 6.07) is 0. The second kappa shape index (κ2) is 6.60. The molecule has 1 aliphatic rings. The van der Waals surface area contributed by atoms with Crippen LogP contribution in [0.25, 0.3) is 0 Å². The molecule has 128 valence electrons. The van der Waals surface area contributed by atoms with Gasteiger partial charge < -0.3 is 18.0 Å². The quantitative estimate of drug-likeness (QED) is 0.511. The summed E-state index contributed by atoms with van der Waals surface area (Å²) in [6.45, 7) is 18.9. The first-order chi connectivity index (χ1) is 9.68. The molecule has 0 aromatic rings. The van der Waals surface area contributed by atoms with Crippen molar-refractivity contribution in [2.24, 2.45) is 0 Å². The molecule has 0 amide bonds. The van der Waals surface area contributed by atoms with Gasteiger partial charge in [-0.15, -0.1) is 0 Å². The number of esters is 1. The van der Waals surface area contributed by atoms with Gasteiger partial charge in [0.05, 0.1) is 6.61 Å². The molecule has 0 saturated heterocycles. The van der Waals surface area contributed by atoms with Gasteiger partial charge in [0.2, 0.25) is 14.4 Å². The summed E-state index contributed by atoms with van der Waals surface area (Å²) in [6.07, 6.45) is -0.737. The fraction of sp³-hybridized carbons (Fsp3) is 0.786. The number of rotatable bonds is 7. The van der Waals surface area contributed by atoms with Crippen molar-refractivity contribution in [3.8, 4) is 0 Å². The lowest BCUT2D eigenvalue weighted by molar-refractivity contribution is -0.143. The van der Waals surface area contributed by atoms with Gasteiger partial charge in [-0.05, 0) is 58.9 Å². The van der Waals surface area contributed by atoms with Crippen LogP contribution in [0.3, 0.4) is 0 Å². The van der Waals surface area contributed by atoms with Crippen molar-refractivity contribution in [3.05, 3.63) is 11.5 Å². The first-order valence-corrected chi connectivity index (χ1v) is 17.9. The topological polar surface area (TPSA) is 54.0 Å². The van der Waals surface area contributed by atoms with E-state index in [1.54, 1.807) is 0 Å². The Bertz CT molecular complexity index is 455. The van der Waals surface area contributed by atoms with E-state index in [-0.39, 0.29) is 12.6 Å². The molecule has 0 aromatic carbocycles. The standard InChI is InChI=1S/C14H30O5Si3/c1-20(2,3)16-10-11-12(18-21(4,5)6)13(14(15)17-11)19-22(7,8)9/h13H,10H2,1-9H3/t13-/m1/s1. The van der Waals surface area contributed by atoms with Crippen LogP contribution in [0.4, 0.5) is 0 Å². The first kappa shape index (κ1) is 19.6. The summed E-state index contributed by atoms with van der Waals surface area (Å²) in [5.74, 6) is 0.632. The largest absolute Gasteiger partial charge is 0.543 e. The molecule has 0 unspecified atom stereocenters. The molecule has 0 saturated carbocycles. The van der Waals surface area contributed by atoms with Crippen LogP contribution in [-0.2, 0) is 22.8 Å². The predicted octanol–water partition coefficient (Wildman–Crippen LogP) is 3.68. The van der Waals surface area contributed by atoms with E-state index in [9.17, 15) is 4.79 Å². The molecular weight excluding hydrogens is 332 g/mol. The minimum atomic E-state index is -1.90. The van der Waals surface area contributed by atoms with E-state index in [0.717, 1.165) is 0 Å². The lowest BCUT2D eigenvalue weighted by Crippen LogP contribution is -2.38. The van der Waals surface area contributed by atoms with Gasteiger partial charge in [-0.2, -0.15) is 0 Å². The van der Waals surface area contributed by atoms with E-state index >= 15 is 0 Å². The van der Waals surface area contributed by atoms with Gasteiger partial charge in [-0.25, -0.2) is 4.79 Å². The number of hydrogen-bond donors (Lipinski definition) is 0. The van der Waals surface area contributed by atoms with Gasteiger partial charge in [0.1, 0.15) is 0 Å². The van der Waals surface area contributed by atoms with Crippen LogP contribution in [0.2, 0.25) is 58.9 Å². The third-order valence-electron chi connectivity index (χ3n) is 2.47. The van der Waals surface area contributed by atoms with Crippen LogP contribution >= 0.6 is 0 Å². The van der Waals surface area contributed by atoms with Gasteiger partial charge >= 0.3 is 5.97 Å². The zero-order valence-electron chi connectivity index (χ0n) is 15.3. The molecule has 5 nitrogen and oxygen atoms in total. The smallest absolute Gasteiger partial charge is 0.347 e. The molecule has 1 aliphatic heterocycles. The second-order valence-corrected chi connectivity index (χ2v) is 21.8. The predicted molar refractivity (Wildman–Crippen MR) is 95.1 cm³/mol. The van der Waals surface area contributed by atoms with Gasteiger partial charge in [-0.1, -0.05) is 0 Å². The summed E-state index contributed by atoms with van der Waals surface area (Å²) in [5, 5.41) is 0. The number of ether oxygens (including phenoxy) is 1. The lowest BCUT2D eigenvalue weighted by atomic mass is 10.3.